The predicted octanol–water partition coefficient (Wildman–Crippen LogP) is 3.11. The first-order valence-electron chi connectivity index (χ1n) is 7.49. The van der Waals surface area contributed by atoms with Crippen LogP contribution in [0.1, 0.15) is 39.0 Å². The van der Waals surface area contributed by atoms with Gasteiger partial charge in [-0.15, -0.1) is 0 Å². The van der Waals surface area contributed by atoms with Crippen molar-refractivity contribution < 1.29 is 0 Å². The molecule has 0 bridgehead atoms. The molecule has 1 aromatic carbocycles. The predicted molar refractivity (Wildman–Crippen MR) is 91.5 cm³/mol. The Morgan fingerprint density at radius 1 is 1.00 bits per heavy atom. The molecular formula is C16H16N5S2. The average molecular weight is 342 g/mol. The average Bonchev–Trinajstić information content (AvgIpc) is 3.29. The van der Waals surface area contributed by atoms with E-state index in [0.717, 1.165) is 16.6 Å². The highest BCUT2D eigenvalue weighted by atomic mass is 32.1. The minimum atomic E-state index is 0.137. The second-order valence-electron chi connectivity index (χ2n) is 5.68. The lowest BCUT2D eigenvalue weighted by Crippen LogP contribution is -2.37. The summed E-state index contributed by atoms with van der Waals surface area (Å²) in [5.74, 6) is 0.591. The number of benzene rings is 1. The third kappa shape index (κ3) is 3.04. The number of hydrogen-bond acceptors (Lipinski definition) is 7. The highest BCUT2D eigenvalue weighted by Crippen LogP contribution is 2.42. The summed E-state index contributed by atoms with van der Waals surface area (Å²) in [6.07, 6.45) is 5.59. The van der Waals surface area contributed by atoms with Crippen LogP contribution >= 0.6 is 23.1 Å². The zero-order valence-electron chi connectivity index (χ0n) is 12.6. The van der Waals surface area contributed by atoms with Crippen molar-refractivity contribution in [3.8, 4) is 0 Å². The summed E-state index contributed by atoms with van der Waals surface area (Å²) >= 11 is 2.93. The van der Waals surface area contributed by atoms with Gasteiger partial charge in [0.25, 0.3) is 0 Å². The molecule has 3 atom stereocenters. The molecule has 1 saturated heterocycles. The van der Waals surface area contributed by atoms with Crippen LogP contribution in [0.25, 0.3) is 0 Å². The molecule has 3 heterocycles. The van der Waals surface area contributed by atoms with Crippen LogP contribution in [0.5, 0.6) is 0 Å². The molecule has 1 fully saturated rings. The molecule has 4 rings (SSSR count). The molecule has 2 aromatic heterocycles. The molecule has 0 aliphatic carbocycles. The summed E-state index contributed by atoms with van der Waals surface area (Å²) in [7, 11) is 0. The van der Waals surface area contributed by atoms with Gasteiger partial charge < -0.3 is 5.32 Å². The van der Waals surface area contributed by atoms with E-state index < -0.39 is 0 Å². The van der Waals surface area contributed by atoms with Crippen molar-refractivity contribution in [1.29, 1.82) is 0 Å². The van der Waals surface area contributed by atoms with Gasteiger partial charge in [-0.25, -0.2) is 9.97 Å². The molecule has 5 nitrogen and oxygen atoms in total. The van der Waals surface area contributed by atoms with Gasteiger partial charge in [0.05, 0.1) is 6.04 Å². The molecule has 1 radical (unpaired) electrons. The molecule has 0 spiro atoms. The lowest BCUT2D eigenvalue weighted by atomic mass is 9.78. The van der Waals surface area contributed by atoms with E-state index in [9.17, 15) is 0 Å². The van der Waals surface area contributed by atoms with E-state index in [1.165, 1.54) is 34.2 Å². The molecule has 3 unspecified atom stereocenters. The van der Waals surface area contributed by atoms with E-state index in [1.54, 1.807) is 12.7 Å². The Kier molecular flexibility index (Phi) is 4.15. The third-order valence-corrected chi connectivity index (χ3v) is 5.73. The largest absolute Gasteiger partial charge is 0.307 e. The van der Waals surface area contributed by atoms with Crippen LogP contribution < -0.4 is 5.32 Å². The smallest absolute Gasteiger partial charge is 0.130 e. The van der Waals surface area contributed by atoms with Crippen LogP contribution in [0.15, 0.2) is 36.9 Å². The third-order valence-electron chi connectivity index (χ3n) is 4.19. The van der Waals surface area contributed by atoms with Crippen LogP contribution in [-0.2, 0) is 0 Å². The quantitative estimate of drug-likeness (QED) is 0.792. The maximum Gasteiger partial charge on any atom is 0.130 e. The molecule has 0 saturated carbocycles. The molecule has 1 aliphatic rings. The highest BCUT2D eigenvalue weighted by molar-refractivity contribution is 7.05. The summed E-state index contributed by atoms with van der Waals surface area (Å²) in [6, 6.07) is 8.91. The first-order chi connectivity index (χ1) is 11.3. The zero-order chi connectivity index (χ0) is 15.6. The van der Waals surface area contributed by atoms with Crippen LogP contribution in [0.3, 0.4) is 0 Å². The van der Waals surface area contributed by atoms with E-state index in [4.69, 9.17) is 0 Å². The number of rotatable bonds is 3. The topological polar surface area (TPSA) is 63.6 Å². The summed E-state index contributed by atoms with van der Waals surface area (Å²) < 4.78 is 8.30. The van der Waals surface area contributed by atoms with Gasteiger partial charge in [0.1, 0.15) is 22.7 Å². The Hall–Kier alpha value is -1.70. The van der Waals surface area contributed by atoms with Gasteiger partial charge in [-0.2, -0.15) is 8.75 Å². The fourth-order valence-corrected chi connectivity index (χ4v) is 4.23. The number of hydrogen-bond donors (Lipinski definition) is 1. The summed E-state index contributed by atoms with van der Waals surface area (Å²) in [6.45, 7) is 2.97. The maximum atomic E-state index is 4.44. The maximum absolute atomic E-state index is 4.44. The number of nitrogens with zero attached hydrogens (tertiary/aromatic N) is 4. The fraction of sp³-hybridized carbons (Fsp3) is 0.312. The summed E-state index contributed by atoms with van der Waals surface area (Å²) in [4.78, 5) is 8.80. The molecule has 1 aliphatic heterocycles. The van der Waals surface area contributed by atoms with Crippen molar-refractivity contribution in [2.45, 2.75) is 24.8 Å². The fourth-order valence-electron chi connectivity index (χ4n) is 3.00. The van der Waals surface area contributed by atoms with Crippen LogP contribution in [-0.4, -0.2) is 25.3 Å². The lowest BCUT2D eigenvalue weighted by Gasteiger charge is -2.35. The first kappa shape index (κ1) is 14.9. The Labute approximate surface area is 143 Å². The van der Waals surface area contributed by atoms with Crippen molar-refractivity contribution >= 4 is 23.1 Å². The van der Waals surface area contributed by atoms with Crippen molar-refractivity contribution in [2.75, 3.05) is 6.54 Å². The van der Waals surface area contributed by atoms with E-state index >= 15 is 0 Å². The number of aromatic nitrogens is 4. The van der Waals surface area contributed by atoms with Gasteiger partial charge in [-0.3, -0.25) is 0 Å². The normalized spacial score (nSPS) is 24.7. The van der Waals surface area contributed by atoms with Crippen LogP contribution in [0.4, 0.5) is 0 Å². The first-order valence-corrected chi connectivity index (χ1v) is 9.04. The standard InChI is InChI=1S/C16H16N5S2/c1-10-2-4-11(5-3-10)12-6-14(16-19-9-21-23-16)17-7-13(12)15-18-8-20-22-15/h2-6,8-9,12-14,17H,7H2,1H3. The van der Waals surface area contributed by atoms with E-state index in [0.29, 0.717) is 11.8 Å². The molecule has 3 aromatic rings. The molecule has 7 heteroatoms. The van der Waals surface area contributed by atoms with Crippen molar-refractivity contribution in [3.05, 3.63) is 64.5 Å². The van der Waals surface area contributed by atoms with Crippen molar-refractivity contribution in [1.82, 2.24) is 24.0 Å². The monoisotopic (exact) mass is 342 g/mol. The van der Waals surface area contributed by atoms with Gasteiger partial charge >= 0.3 is 0 Å². The molecule has 1 N–H and O–H groups in total. The van der Waals surface area contributed by atoms with Crippen molar-refractivity contribution in [2.24, 2.45) is 0 Å². The summed E-state index contributed by atoms with van der Waals surface area (Å²) in [5.41, 5.74) is 2.59. The summed E-state index contributed by atoms with van der Waals surface area (Å²) in [5, 5.41) is 5.65. The number of nitrogens with one attached hydrogen (secondary N) is 1. The van der Waals surface area contributed by atoms with Crippen LogP contribution in [0, 0.1) is 13.3 Å². The lowest BCUT2D eigenvalue weighted by molar-refractivity contribution is 0.408. The SMILES string of the molecule is Cc1ccc(C2[CH]C(c3ncns3)NCC2c2ncns2)cc1. The Morgan fingerprint density at radius 3 is 2.35 bits per heavy atom. The Bertz CT molecular complexity index is 739. The van der Waals surface area contributed by atoms with Gasteiger partial charge in [0.15, 0.2) is 0 Å². The second kappa shape index (κ2) is 6.43. The van der Waals surface area contributed by atoms with Crippen molar-refractivity contribution in [3.63, 3.8) is 0 Å². The van der Waals surface area contributed by atoms with E-state index in [2.05, 4.69) is 61.6 Å². The molecular weight excluding hydrogens is 326 g/mol. The van der Waals surface area contributed by atoms with E-state index in [-0.39, 0.29) is 6.04 Å². The Morgan fingerprint density at radius 2 is 1.70 bits per heavy atom. The highest BCUT2D eigenvalue weighted by Gasteiger charge is 2.35. The minimum absolute atomic E-state index is 0.137. The van der Waals surface area contributed by atoms with Gasteiger partial charge in [-0.1, -0.05) is 29.8 Å². The Balaban J connectivity index is 1.66. The number of piperidine rings is 1. The second-order valence-corrected chi connectivity index (χ2v) is 7.30. The zero-order valence-corrected chi connectivity index (χ0v) is 14.2. The number of aryl methyl sites for hydroxylation is 1. The van der Waals surface area contributed by atoms with Crippen LogP contribution in [0.2, 0.25) is 0 Å². The minimum Gasteiger partial charge on any atom is -0.307 e. The van der Waals surface area contributed by atoms with Gasteiger partial charge in [0.2, 0.25) is 0 Å². The molecule has 117 valence electrons. The van der Waals surface area contributed by atoms with Gasteiger partial charge in [0, 0.05) is 12.5 Å². The molecule has 23 heavy (non-hydrogen) atoms. The van der Waals surface area contributed by atoms with E-state index in [1.807, 2.05) is 0 Å². The van der Waals surface area contributed by atoms with Gasteiger partial charge in [-0.05, 0) is 47.9 Å². The molecule has 0 amide bonds.